The van der Waals surface area contributed by atoms with E-state index in [1.54, 1.807) is 0 Å². The van der Waals surface area contributed by atoms with Crippen molar-refractivity contribution in [3.8, 4) is 0 Å². The molecule has 1 aliphatic heterocycles. The molecule has 1 spiro atoms. The van der Waals surface area contributed by atoms with Gasteiger partial charge in [-0.25, -0.2) is 0 Å². The third-order valence-electron chi connectivity index (χ3n) is 2.58. The summed E-state index contributed by atoms with van der Waals surface area (Å²) in [5, 5.41) is 6.98. The van der Waals surface area contributed by atoms with E-state index in [9.17, 15) is 0 Å². The Morgan fingerprint density at radius 3 is 2.20 bits per heavy atom. The average molecular weight is 163 g/mol. The van der Waals surface area contributed by atoms with Crippen LogP contribution in [0.25, 0.3) is 0 Å². The molecule has 0 atom stereocenters. The van der Waals surface area contributed by atoms with Gasteiger partial charge in [0.15, 0.2) is 0 Å². The average Bonchev–Trinajstić information content (AvgIpc) is 1.87. The van der Waals surface area contributed by atoms with Gasteiger partial charge in [-0.3, -0.25) is 0 Å². The Bertz CT molecular complexity index is 104. The van der Waals surface area contributed by atoms with E-state index in [0.717, 1.165) is 6.54 Å². The number of hydrogen-bond donors (Lipinski definition) is 2. The molecular weight excluding hydrogens is 148 g/mol. The Morgan fingerprint density at radius 2 is 1.90 bits per heavy atom. The van der Waals surface area contributed by atoms with E-state index in [1.807, 2.05) is 0 Å². The quantitative estimate of drug-likeness (QED) is 0.543. The summed E-state index contributed by atoms with van der Waals surface area (Å²) in [6.07, 6.45) is 4.20. The molecule has 2 N–H and O–H groups in total. The Morgan fingerprint density at radius 1 is 1.10 bits per heavy atom. The Labute approximate surface area is 68.2 Å². The second-order valence-electron chi connectivity index (χ2n) is 3.24. The van der Waals surface area contributed by atoms with Crippen LogP contribution in [-0.2, 0) is 0 Å². The van der Waals surface area contributed by atoms with Crippen LogP contribution >= 0.6 is 12.4 Å². The molecule has 10 heavy (non-hydrogen) atoms. The van der Waals surface area contributed by atoms with Gasteiger partial charge >= 0.3 is 0 Å². The molecule has 2 fully saturated rings. The predicted molar refractivity (Wildman–Crippen MR) is 44.7 cm³/mol. The van der Waals surface area contributed by atoms with Gasteiger partial charge in [0.1, 0.15) is 0 Å². The third-order valence-corrected chi connectivity index (χ3v) is 2.58. The van der Waals surface area contributed by atoms with Crippen molar-refractivity contribution < 1.29 is 0 Å². The molecule has 0 aromatic carbocycles. The van der Waals surface area contributed by atoms with Crippen LogP contribution in [0.15, 0.2) is 0 Å². The Balaban J connectivity index is 0.000000500. The van der Waals surface area contributed by atoms with E-state index < -0.39 is 0 Å². The molecule has 3 heteroatoms. The van der Waals surface area contributed by atoms with E-state index in [2.05, 4.69) is 10.6 Å². The monoisotopic (exact) mass is 162 g/mol. The molecule has 0 radical (unpaired) electrons. The molecule has 0 aromatic heterocycles. The van der Waals surface area contributed by atoms with Gasteiger partial charge < -0.3 is 10.6 Å². The second kappa shape index (κ2) is 3.07. The second-order valence-corrected chi connectivity index (χ2v) is 3.24. The van der Waals surface area contributed by atoms with Crippen LogP contribution in [0.2, 0.25) is 0 Å². The maximum absolute atomic E-state index is 3.57. The summed E-state index contributed by atoms with van der Waals surface area (Å²) in [6.45, 7) is 3.52. The summed E-state index contributed by atoms with van der Waals surface area (Å²) >= 11 is 0. The lowest BCUT2D eigenvalue weighted by molar-refractivity contribution is 0.158. The van der Waals surface area contributed by atoms with Crippen molar-refractivity contribution in [1.29, 1.82) is 0 Å². The van der Waals surface area contributed by atoms with Crippen LogP contribution in [-0.4, -0.2) is 25.2 Å². The fourth-order valence-corrected chi connectivity index (χ4v) is 1.76. The van der Waals surface area contributed by atoms with Crippen molar-refractivity contribution in [2.75, 3.05) is 19.6 Å². The minimum Gasteiger partial charge on any atom is -0.314 e. The van der Waals surface area contributed by atoms with Crippen LogP contribution in [0, 0.1) is 0 Å². The van der Waals surface area contributed by atoms with E-state index in [-0.39, 0.29) is 12.4 Å². The van der Waals surface area contributed by atoms with E-state index in [4.69, 9.17) is 0 Å². The highest BCUT2D eigenvalue weighted by Crippen LogP contribution is 2.31. The third kappa shape index (κ3) is 1.29. The van der Waals surface area contributed by atoms with Gasteiger partial charge in [-0.1, -0.05) is 0 Å². The summed E-state index contributed by atoms with van der Waals surface area (Å²) in [6, 6.07) is 0. The van der Waals surface area contributed by atoms with Crippen molar-refractivity contribution in [2.24, 2.45) is 0 Å². The smallest absolute Gasteiger partial charge is 0.0306 e. The summed E-state index contributed by atoms with van der Waals surface area (Å²) < 4.78 is 0. The van der Waals surface area contributed by atoms with Gasteiger partial charge in [-0.05, 0) is 19.3 Å². The molecule has 0 amide bonds. The SMILES string of the molecule is C1CC2(C1)CNCCN2.Cl. The first-order valence-electron chi connectivity index (χ1n) is 3.87. The largest absolute Gasteiger partial charge is 0.314 e. The van der Waals surface area contributed by atoms with Crippen LogP contribution < -0.4 is 10.6 Å². The van der Waals surface area contributed by atoms with E-state index in [1.165, 1.54) is 32.4 Å². The van der Waals surface area contributed by atoms with Crippen LogP contribution in [0.3, 0.4) is 0 Å². The zero-order valence-electron chi connectivity index (χ0n) is 6.15. The first-order chi connectivity index (χ1) is 4.41. The van der Waals surface area contributed by atoms with Gasteiger partial charge in [0, 0.05) is 25.2 Å². The van der Waals surface area contributed by atoms with Gasteiger partial charge in [0.05, 0.1) is 0 Å². The molecular formula is C7H15ClN2. The van der Waals surface area contributed by atoms with E-state index >= 15 is 0 Å². The summed E-state index contributed by atoms with van der Waals surface area (Å²) in [5.41, 5.74) is 0.540. The van der Waals surface area contributed by atoms with Crippen LogP contribution in [0.4, 0.5) is 0 Å². The molecule has 1 aliphatic carbocycles. The van der Waals surface area contributed by atoms with Crippen LogP contribution in [0.5, 0.6) is 0 Å². The highest BCUT2D eigenvalue weighted by molar-refractivity contribution is 5.85. The first kappa shape index (κ1) is 8.31. The molecule has 60 valence electrons. The molecule has 2 aliphatic rings. The van der Waals surface area contributed by atoms with Gasteiger partial charge in [0.25, 0.3) is 0 Å². The summed E-state index contributed by atoms with van der Waals surface area (Å²) in [5.74, 6) is 0. The minimum atomic E-state index is 0. The van der Waals surface area contributed by atoms with Gasteiger partial charge in [-0.15, -0.1) is 12.4 Å². The number of nitrogens with one attached hydrogen (secondary N) is 2. The normalized spacial score (nSPS) is 28.8. The molecule has 1 saturated heterocycles. The number of hydrogen-bond acceptors (Lipinski definition) is 2. The molecule has 2 rings (SSSR count). The zero-order valence-corrected chi connectivity index (χ0v) is 6.97. The van der Waals surface area contributed by atoms with Crippen molar-refractivity contribution in [2.45, 2.75) is 24.8 Å². The first-order valence-corrected chi connectivity index (χ1v) is 3.87. The highest BCUT2D eigenvalue weighted by Gasteiger charge is 2.37. The minimum absolute atomic E-state index is 0. The predicted octanol–water partition coefficient (Wildman–Crippen LogP) is 0.524. The molecule has 0 unspecified atom stereocenters. The van der Waals surface area contributed by atoms with Gasteiger partial charge in [-0.2, -0.15) is 0 Å². The lowest BCUT2D eigenvalue weighted by Crippen LogP contribution is -2.62. The number of halogens is 1. The highest BCUT2D eigenvalue weighted by atomic mass is 35.5. The molecule has 0 aromatic rings. The Hall–Kier alpha value is 0.210. The lowest BCUT2D eigenvalue weighted by atomic mass is 9.76. The number of rotatable bonds is 0. The van der Waals surface area contributed by atoms with E-state index in [0.29, 0.717) is 5.54 Å². The fraction of sp³-hybridized carbons (Fsp3) is 1.00. The maximum Gasteiger partial charge on any atom is 0.0306 e. The summed E-state index contributed by atoms with van der Waals surface area (Å²) in [7, 11) is 0. The standard InChI is InChI=1S/C7H14N2.ClH/c1-2-7(3-1)6-8-4-5-9-7;/h8-9H,1-6H2;1H. The van der Waals surface area contributed by atoms with Crippen LogP contribution in [0.1, 0.15) is 19.3 Å². The molecule has 0 bridgehead atoms. The van der Waals surface area contributed by atoms with Crippen molar-refractivity contribution in [3.05, 3.63) is 0 Å². The lowest BCUT2D eigenvalue weighted by Gasteiger charge is -2.45. The zero-order chi connectivity index (χ0) is 6.16. The van der Waals surface area contributed by atoms with Crippen molar-refractivity contribution in [3.63, 3.8) is 0 Å². The van der Waals surface area contributed by atoms with Crippen molar-refractivity contribution >= 4 is 12.4 Å². The molecule has 2 nitrogen and oxygen atoms in total. The van der Waals surface area contributed by atoms with Crippen molar-refractivity contribution in [1.82, 2.24) is 10.6 Å². The maximum atomic E-state index is 3.57. The molecule has 1 heterocycles. The van der Waals surface area contributed by atoms with Gasteiger partial charge in [0.2, 0.25) is 0 Å². The Kier molecular flexibility index (Phi) is 2.55. The molecule has 1 saturated carbocycles. The topological polar surface area (TPSA) is 24.1 Å². The number of piperazine rings is 1. The fourth-order valence-electron chi connectivity index (χ4n) is 1.76. The summed E-state index contributed by atoms with van der Waals surface area (Å²) in [4.78, 5) is 0.